The first kappa shape index (κ1) is 14.2. The summed E-state index contributed by atoms with van der Waals surface area (Å²) in [5, 5.41) is 0. The Morgan fingerprint density at radius 3 is 2.47 bits per heavy atom. The maximum absolute atomic E-state index is 12.8. The monoisotopic (exact) mass is 273 g/mol. The Morgan fingerprint density at radius 1 is 1.26 bits per heavy atom. The molecular formula is C14H18F3NO. The lowest BCUT2D eigenvalue weighted by Crippen LogP contribution is -2.33. The van der Waals surface area contributed by atoms with E-state index in [9.17, 15) is 13.2 Å². The van der Waals surface area contributed by atoms with Gasteiger partial charge < -0.3 is 10.5 Å². The van der Waals surface area contributed by atoms with Crippen LogP contribution in [0.25, 0.3) is 0 Å². The maximum atomic E-state index is 12.8. The van der Waals surface area contributed by atoms with Crippen LogP contribution < -0.4 is 10.5 Å². The number of halogens is 3. The highest BCUT2D eigenvalue weighted by molar-refractivity contribution is 5.35. The first-order chi connectivity index (χ1) is 9.02. The molecule has 0 bridgehead atoms. The molecule has 1 aromatic carbocycles. The smallest absolute Gasteiger partial charge is 0.419 e. The quantitative estimate of drug-likeness (QED) is 0.891. The number of benzene rings is 1. The third-order valence-corrected chi connectivity index (χ3v) is 3.76. The van der Waals surface area contributed by atoms with E-state index in [2.05, 4.69) is 0 Å². The normalized spacial score (nSPS) is 17.9. The molecule has 0 aliphatic heterocycles. The summed E-state index contributed by atoms with van der Waals surface area (Å²) in [4.78, 5) is 0. The summed E-state index contributed by atoms with van der Waals surface area (Å²) in [6.07, 6.45) is -0.996. The van der Waals surface area contributed by atoms with E-state index >= 15 is 0 Å². The molecule has 0 saturated heterocycles. The highest BCUT2D eigenvalue weighted by Crippen LogP contribution is 2.37. The number of para-hydroxylation sites is 1. The van der Waals surface area contributed by atoms with Gasteiger partial charge in [0.15, 0.2) is 0 Å². The molecule has 0 amide bonds. The Balaban J connectivity index is 2.02. The van der Waals surface area contributed by atoms with E-state index in [1.807, 2.05) is 0 Å². The summed E-state index contributed by atoms with van der Waals surface area (Å²) >= 11 is 0. The Hall–Kier alpha value is -1.23. The van der Waals surface area contributed by atoms with Crippen LogP contribution in [-0.4, -0.2) is 13.2 Å². The zero-order valence-corrected chi connectivity index (χ0v) is 10.6. The van der Waals surface area contributed by atoms with Crippen LogP contribution >= 0.6 is 0 Å². The van der Waals surface area contributed by atoms with Gasteiger partial charge in [-0.1, -0.05) is 18.6 Å². The van der Waals surface area contributed by atoms with Crippen LogP contribution in [0.15, 0.2) is 24.3 Å². The fraction of sp³-hybridized carbons (Fsp3) is 0.571. The van der Waals surface area contributed by atoms with E-state index in [-0.39, 0.29) is 18.3 Å². The lowest BCUT2D eigenvalue weighted by molar-refractivity contribution is -0.139. The lowest BCUT2D eigenvalue weighted by atomic mass is 9.76. The van der Waals surface area contributed by atoms with Crippen LogP contribution in [-0.2, 0) is 6.18 Å². The van der Waals surface area contributed by atoms with Gasteiger partial charge >= 0.3 is 6.18 Å². The van der Waals surface area contributed by atoms with Gasteiger partial charge in [0.25, 0.3) is 0 Å². The summed E-state index contributed by atoms with van der Waals surface area (Å²) < 4.78 is 43.7. The molecule has 0 aromatic heterocycles. The highest BCUT2D eigenvalue weighted by atomic mass is 19.4. The molecule has 0 radical (unpaired) electrons. The minimum atomic E-state index is -4.38. The molecule has 1 atom stereocenters. The maximum Gasteiger partial charge on any atom is 0.419 e. The first-order valence-electron chi connectivity index (χ1n) is 6.51. The van der Waals surface area contributed by atoms with Gasteiger partial charge in [0, 0.05) is 5.92 Å². The molecule has 0 spiro atoms. The minimum Gasteiger partial charge on any atom is -0.493 e. The zero-order valence-electron chi connectivity index (χ0n) is 10.6. The molecule has 2 rings (SSSR count). The number of alkyl halides is 3. The SMILES string of the molecule is NCC(COc1ccccc1C(F)(F)F)C1CCC1. The van der Waals surface area contributed by atoms with Gasteiger partial charge in [0.2, 0.25) is 0 Å². The van der Waals surface area contributed by atoms with Crippen LogP contribution in [0.2, 0.25) is 0 Å². The van der Waals surface area contributed by atoms with Crippen molar-refractivity contribution in [3.63, 3.8) is 0 Å². The van der Waals surface area contributed by atoms with E-state index in [1.165, 1.54) is 18.6 Å². The van der Waals surface area contributed by atoms with Crippen LogP contribution in [0.1, 0.15) is 24.8 Å². The predicted molar refractivity (Wildman–Crippen MR) is 66.8 cm³/mol. The van der Waals surface area contributed by atoms with Gasteiger partial charge in [-0.25, -0.2) is 0 Å². The zero-order chi connectivity index (χ0) is 13.9. The molecule has 0 heterocycles. The molecule has 5 heteroatoms. The van der Waals surface area contributed by atoms with Gasteiger partial charge in [-0.3, -0.25) is 0 Å². The van der Waals surface area contributed by atoms with Gasteiger partial charge in [-0.15, -0.1) is 0 Å². The topological polar surface area (TPSA) is 35.2 Å². The van der Waals surface area contributed by atoms with Crippen molar-refractivity contribution >= 4 is 0 Å². The highest BCUT2D eigenvalue weighted by Gasteiger charge is 2.34. The van der Waals surface area contributed by atoms with Crippen molar-refractivity contribution in [1.29, 1.82) is 0 Å². The number of hydrogen-bond acceptors (Lipinski definition) is 2. The van der Waals surface area contributed by atoms with Crippen molar-refractivity contribution in [3.05, 3.63) is 29.8 Å². The van der Waals surface area contributed by atoms with E-state index < -0.39 is 11.7 Å². The van der Waals surface area contributed by atoms with Crippen molar-refractivity contribution < 1.29 is 17.9 Å². The van der Waals surface area contributed by atoms with Crippen LogP contribution in [0, 0.1) is 11.8 Å². The fourth-order valence-electron chi connectivity index (χ4n) is 2.33. The van der Waals surface area contributed by atoms with E-state index in [0.717, 1.165) is 18.9 Å². The van der Waals surface area contributed by atoms with Crippen LogP contribution in [0.4, 0.5) is 13.2 Å². The Morgan fingerprint density at radius 2 is 1.95 bits per heavy atom. The molecule has 1 aliphatic rings. The Labute approximate surface area is 110 Å². The first-order valence-corrected chi connectivity index (χ1v) is 6.51. The summed E-state index contributed by atoms with van der Waals surface area (Å²) in [6, 6.07) is 5.31. The number of ether oxygens (including phenoxy) is 1. The molecule has 19 heavy (non-hydrogen) atoms. The van der Waals surface area contributed by atoms with E-state index in [4.69, 9.17) is 10.5 Å². The molecule has 106 valence electrons. The third kappa shape index (κ3) is 3.41. The van der Waals surface area contributed by atoms with Gasteiger partial charge in [-0.05, 0) is 37.4 Å². The Bertz CT molecular complexity index is 415. The molecule has 2 nitrogen and oxygen atoms in total. The second kappa shape index (κ2) is 5.82. The molecule has 1 aromatic rings. The van der Waals surface area contributed by atoms with E-state index in [1.54, 1.807) is 6.07 Å². The van der Waals surface area contributed by atoms with Crippen molar-refractivity contribution in [2.45, 2.75) is 25.4 Å². The average Bonchev–Trinajstić information content (AvgIpc) is 2.31. The molecule has 1 aliphatic carbocycles. The van der Waals surface area contributed by atoms with Gasteiger partial charge in [0.05, 0.1) is 12.2 Å². The van der Waals surface area contributed by atoms with Crippen molar-refractivity contribution in [2.75, 3.05) is 13.2 Å². The van der Waals surface area contributed by atoms with Crippen LogP contribution in [0.3, 0.4) is 0 Å². The average molecular weight is 273 g/mol. The summed E-state index contributed by atoms with van der Waals surface area (Å²) in [7, 11) is 0. The summed E-state index contributed by atoms with van der Waals surface area (Å²) in [5.74, 6) is 0.547. The van der Waals surface area contributed by atoms with Gasteiger partial charge in [0.1, 0.15) is 5.75 Å². The third-order valence-electron chi connectivity index (χ3n) is 3.76. The molecule has 2 N–H and O–H groups in total. The Kier molecular flexibility index (Phi) is 4.34. The number of nitrogens with two attached hydrogens (primary N) is 1. The largest absolute Gasteiger partial charge is 0.493 e. The van der Waals surface area contributed by atoms with Crippen molar-refractivity contribution in [1.82, 2.24) is 0 Å². The van der Waals surface area contributed by atoms with E-state index in [0.29, 0.717) is 12.5 Å². The minimum absolute atomic E-state index is 0.104. The number of rotatable bonds is 5. The van der Waals surface area contributed by atoms with Gasteiger partial charge in [-0.2, -0.15) is 13.2 Å². The number of hydrogen-bond donors (Lipinski definition) is 1. The second-order valence-corrected chi connectivity index (χ2v) is 4.99. The van der Waals surface area contributed by atoms with Crippen LogP contribution in [0.5, 0.6) is 5.75 Å². The molecule has 1 unspecified atom stereocenters. The predicted octanol–water partition coefficient (Wildman–Crippen LogP) is 3.46. The van der Waals surface area contributed by atoms with Crippen molar-refractivity contribution in [2.24, 2.45) is 17.6 Å². The lowest BCUT2D eigenvalue weighted by Gasteiger charge is -2.33. The summed E-state index contributed by atoms with van der Waals surface area (Å²) in [6.45, 7) is 0.715. The second-order valence-electron chi connectivity index (χ2n) is 4.99. The molecule has 1 fully saturated rings. The summed E-state index contributed by atoms with van der Waals surface area (Å²) in [5.41, 5.74) is 4.95. The molecule has 1 saturated carbocycles. The standard InChI is InChI=1S/C14H18F3NO/c15-14(16,17)12-6-1-2-7-13(12)19-9-11(8-18)10-4-3-5-10/h1-2,6-7,10-11H,3-5,8-9,18H2. The fourth-order valence-corrected chi connectivity index (χ4v) is 2.33. The molecular weight excluding hydrogens is 255 g/mol. The van der Waals surface area contributed by atoms with Crippen molar-refractivity contribution in [3.8, 4) is 5.75 Å².